The topological polar surface area (TPSA) is 75.1 Å². The van der Waals surface area contributed by atoms with E-state index in [9.17, 15) is 9.90 Å². The molecule has 7 heteroatoms. The highest BCUT2D eigenvalue weighted by Gasteiger charge is 2.11. The fourth-order valence-electron chi connectivity index (χ4n) is 1.27. The van der Waals surface area contributed by atoms with Crippen molar-refractivity contribution in [3.63, 3.8) is 0 Å². The fraction of sp³-hybridized carbons (Fsp3) is 0.182. The number of phenolic OH excluding ortho intramolecular Hbond substituents is 1. The van der Waals surface area contributed by atoms with Crippen LogP contribution in [0, 0.1) is 3.57 Å². The van der Waals surface area contributed by atoms with E-state index in [-0.39, 0.29) is 11.7 Å². The third-order valence-electron chi connectivity index (χ3n) is 2.20. The van der Waals surface area contributed by atoms with E-state index in [2.05, 4.69) is 15.5 Å². The first-order valence-electron chi connectivity index (χ1n) is 5.22. The fourth-order valence-corrected chi connectivity index (χ4v) is 2.28. The number of aryl methyl sites for hydroxylation is 1. The van der Waals surface area contributed by atoms with E-state index in [1.807, 2.05) is 29.5 Å². The molecule has 2 N–H and O–H groups in total. The molecule has 0 aliphatic carbocycles. The summed E-state index contributed by atoms with van der Waals surface area (Å²) in [7, 11) is 0. The number of amides is 1. The molecule has 94 valence electrons. The summed E-state index contributed by atoms with van der Waals surface area (Å²) < 4.78 is 0.702. The average Bonchev–Trinajstić information content (AvgIpc) is 2.80. The number of rotatable bonds is 3. The predicted octanol–water partition coefficient (Wildman–Crippen LogP) is 2.66. The molecule has 0 aliphatic rings. The smallest absolute Gasteiger partial charge is 0.257 e. The van der Waals surface area contributed by atoms with Crippen LogP contribution in [0.4, 0.5) is 5.13 Å². The van der Waals surface area contributed by atoms with Crippen molar-refractivity contribution in [1.29, 1.82) is 0 Å². The molecule has 1 amide bonds. The van der Waals surface area contributed by atoms with Gasteiger partial charge in [-0.05, 0) is 47.2 Å². The predicted molar refractivity (Wildman–Crippen MR) is 78.1 cm³/mol. The molecular formula is C11H10IN3O2S. The summed E-state index contributed by atoms with van der Waals surface area (Å²) >= 11 is 3.34. The number of nitrogens with zero attached hydrogens (tertiary/aromatic N) is 2. The summed E-state index contributed by atoms with van der Waals surface area (Å²) in [6.07, 6.45) is 0.790. The van der Waals surface area contributed by atoms with Crippen molar-refractivity contribution in [3.05, 3.63) is 32.3 Å². The Labute approximate surface area is 121 Å². The van der Waals surface area contributed by atoms with E-state index in [0.29, 0.717) is 14.3 Å². The quantitative estimate of drug-likeness (QED) is 0.809. The van der Waals surface area contributed by atoms with Gasteiger partial charge in [0.05, 0.1) is 3.57 Å². The van der Waals surface area contributed by atoms with Crippen LogP contribution in [0.15, 0.2) is 18.2 Å². The molecule has 0 bridgehead atoms. The van der Waals surface area contributed by atoms with Crippen LogP contribution in [0.3, 0.4) is 0 Å². The van der Waals surface area contributed by atoms with Crippen molar-refractivity contribution >= 4 is 45.0 Å². The maximum atomic E-state index is 11.9. The Balaban J connectivity index is 2.14. The first-order valence-corrected chi connectivity index (χ1v) is 7.12. The van der Waals surface area contributed by atoms with Crippen molar-refractivity contribution in [2.75, 3.05) is 5.32 Å². The highest BCUT2D eigenvalue weighted by atomic mass is 127. The summed E-state index contributed by atoms with van der Waals surface area (Å²) in [5.41, 5.74) is 0.390. The maximum Gasteiger partial charge on any atom is 0.257 e. The molecule has 2 rings (SSSR count). The molecule has 0 atom stereocenters. The van der Waals surface area contributed by atoms with Gasteiger partial charge in [-0.25, -0.2) is 0 Å². The monoisotopic (exact) mass is 375 g/mol. The molecule has 0 spiro atoms. The van der Waals surface area contributed by atoms with E-state index in [1.165, 1.54) is 17.4 Å². The lowest BCUT2D eigenvalue weighted by molar-refractivity contribution is 0.102. The molecule has 0 radical (unpaired) electrons. The zero-order chi connectivity index (χ0) is 13.1. The molecule has 0 unspecified atom stereocenters. The standard InChI is InChI=1S/C11H10IN3O2S/c1-2-9-14-15-11(18-9)13-10(17)6-3-4-7(12)8(16)5-6/h3-5,16H,2H2,1H3,(H,13,15,17). The van der Waals surface area contributed by atoms with Crippen LogP contribution >= 0.6 is 33.9 Å². The first kappa shape index (κ1) is 13.2. The van der Waals surface area contributed by atoms with E-state index in [0.717, 1.165) is 11.4 Å². The lowest BCUT2D eigenvalue weighted by atomic mass is 10.2. The van der Waals surface area contributed by atoms with E-state index < -0.39 is 0 Å². The average molecular weight is 375 g/mol. The first-order chi connectivity index (χ1) is 8.60. The Hall–Kier alpha value is -1.22. The third-order valence-corrected chi connectivity index (χ3v) is 4.09. The van der Waals surface area contributed by atoms with Crippen LogP contribution in [0.25, 0.3) is 0 Å². The van der Waals surface area contributed by atoms with Crippen molar-refractivity contribution < 1.29 is 9.90 Å². The van der Waals surface area contributed by atoms with Crippen LogP contribution in [-0.4, -0.2) is 21.2 Å². The van der Waals surface area contributed by atoms with Crippen molar-refractivity contribution in [3.8, 4) is 5.75 Å². The van der Waals surface area contributed by atoms with Crippen LogP contribution < -0.4 is 5.32 Å². The lowest BCUT2D eigenvalue weighted by Crippen LogP contribution is -2.11. The van der Waals surface area contributed by atoms with Gasteiger partial charge < -0.3 is 5.11 Å². The van der Waals surface area contributed by atoms with Gasteiger partial charge in [0.2, 0.25) is 5.13 Å². The van der Waals surface area contributed by atoms with E-state index in [1.54, 1.807) is 12.1 Å². The summed E-state index contributed by atoms with van der Waals surface area (Å²) in [5.74, 6) is -0.213. The molecule has 0 saturated carbocycles. The number of hydrogen-bond acceptors (Lipinski definition) is 5. The van der Waals surface area contributed by atoms with Crippen LogP contribution in [0.1, 0.15) is 22.3 Å². The second kappa shape index (κ2) is 5.61. The molecule has 0 fully saturated rings. The van der Waals surface area contributed by atoms with Gasteiger partial charge in [0.1, 0.15) is 10.8 Å². The number of anilines is 1. The summed E-state index contributed by atoms with van der Waals surface area (Å²) in [5, 5.41) is 21.3. The number of carbonyl (C=O) groups is 1. The third kappa shape index (κ3) is 2.96. The highest BCUT2D eigenvalue weighted by Crippen LogP contribution is 2.22. The summed E-state index contributed by atoms with van der Waals surface area (Å²) in [4.78, 5) is 11.9. The Morgan fingerprint density at radius 1 is 1.50 bits per heavy atom. The van der Waals surface area contributed by atoms with Gasteiger partial charge in [-0.1, -0.05) is 18.3 Å². The van der Waals surface area contributed by atoms with Gasteiger partial charge in [0.25, 0.3) is 5.91 Å². The number of aromatic nitrogens is 2. The zero-order valence-corrected chi connectivity index (χ0v) is 12.4. The molecule has 0 aliphatic heterocycles. The Morgan fingerprint density at radius 2 is 2.28 bits per heavy atom. The molecule has 1 aromatic carbocycles. The van der Waals surface area contributed by atoms with Gasteiger partial charge in [-0.15, -0.1) is 10.2 Å². The van der Waals surface area contributed by atoms with Gasteiger partial charge in [-0.2, -0.15) is 0 Å². The molecule has 0 saturated heterocycles. The number of benzene rings is 1. The van der Waals surface area contributed by atoms with Crippen molar-refractivity contribution in [2.45, 2.75) is 13.3 Å². The number of nitrogens with one attached hydrogen (secondary N) is 1. The zero-order valence-electron chi connectivity index (χ0n) is 9.48. The molecular weight excluding hydrogens is 365 g/mol. The van der Waals surface area contributed by atoms with Gasteiger partial charge in [0.15, 0.2) is 0 Å². The molecule has 1 heterocycles. The summed E-state index contributed by atoms with van der Waals surface area (Å²) in [6.45, 7) is 1.98. The number of halogens is 1. The van der Waals surface area contributed by atoms with Gasteiger partial charge >= 0.3 is 0 Å². The second-order valence-electron chi connectivity index (χ2n) is 3.47. The molecule has 2 aromatic rings. The van der Waals surface area contributed by atoms with Crippen LogP contribution in [0.5, 0.6) is 5.75 Å². The minimum atomic E-state index is -0.305. The molecule has 5 nitrogen and oxygen atoms in total. The normalized spacial score (nSPS) is 10.3. The maximum absolute atomic E-state index is 11.9. The van der Waals surface area contributed by atoms with Gasteiger partial charge in [-0.3, -0.25) is 10.1 Å². The van der Waals surface area contributed by atoms with Crippen molar-refractivity contribution in [2.24, 2.45) is 0 Å². The SMILES string of the molecule is CCc1nnc(NC(=O)c2ccc(I)c(O)c2)s1. The van der Waals surface area contributed by atoms with Gasteiger partial charge in [0, 0.05) is 5.56 Å². The number of aromatic hydroxyl groups is 1. The van der Waals surface area contributed by atoms with Crippen LogP contribution in [-0.2, 0) is 6.42 Å². The minimum Gasteiger partial charge on any atom is -0.507 e. The number of phenols is 1. The number of hydrogen-bond donors (Lipinski definition) is 2. The minimum absolute atomic E-state index is 0.0924. The number of carbonyl (C=O) groups excluding carboxylic acids is 1. The highest BCUT2D eigenvalue weighted by molar-refractivity contribution is 14.1. The molecule has 1 aromatic heterocycles. The Kier molecular flexibility index (Phi) is 4.12. The van der Waals surface area contributed by atoms with E-state index in [4.69, 9.17) is 0 Å². The van der Waals surface area contributed by atoms with Crippen LogP contribution in [0.2, 0.25) is 0 Å². The van der Waals surface area contributed by atoms with E-state index >= 15 is 0 Å². The second-order valence-corrected chi connectivity index (χ2v) is 5.70. The Morgan fingerprint density at radius 3 is 2.89 bits per heavy atom. The summed E-state index contributed by atoms with van der Waals surface area (Å²) in [6, 6.07) is 4.76. The lowest BCUT2D eigenvalue weighted by Gasteiger charge is -2.02. The van der Waals surface area contributed by atoms with Crippen molar-refractivity contribution in [1.82, 2.24) is 10.2 Å². The Bertz CT molecular complexity index is 585. The largest absolute Gasteiger partial charge is 0.507 e. The molecule has 18 heavy (non-hydrogen) atoms.